The van der Waals surface area contributed by atoms with E-state index in [0.29, 0.717) is 6.54 Å². The number of carbonyl (C=O) groups is 1. The van der Waals surface area contributed by atoms with Gasteiger partial charge in [0.2, 0.25) is 5.91 Å². The van der Waals surface area contributed by atoms with Crippen molar-refractivity contribution in [2.45, 2.75) is 40.2 Å². The lowest BCUT2D eigenvalue weighted by atomic mass is 9.84. The highest BCUT2D eigenvalue weighted by Gasteiger charge is 2.24. The van der Waals surface area contributed by atoms with Gasteiger partial charge in [0.1, 0.15) is 5.82 Å². The fourth-order valence-electron chi connectivity index (χ4n) is 2.19. The predicted molar refractivity (Wildman–Crippen MR) is 79.6 cm³/mol. The Kier molecular flexibility index (Phi) is 5.69. The number of carbonyl (C=O) groups excluding carboxylic acids is 1. The average molecular weight is 280 g/mol. The molecule has 0 fully saturated rings. The first-order valence-corrected chi connectivity index (χ1v) is 6.99. The third kappa shape index (κ3) is 5.29. The molecule has 0 bridgehead atoms. The molecule has 2 atom stereocenters. The number of amides is 1. The van der Waals surface area contributed by atoms with Crippen LogP contribution in [0.3, 0.4) is 0 Å². The van der Waals surface area contributed by atoms with Crippen molar-refractivity contribution in [2.24, 2.45) is 17.1 Å². The summed E-state index contributed by atoms with van der Waals surface area (Å²) in [5, 5.41) is 2.95. The van der Waals surface area contributed by atoms with Crippen molar-refractivity contribution in [2.75, 3.05) is 6.54 Å². The summed E-state index contributed by atoms with van der Waals surface area (Å²) in [6.45, 7) is 8.49. The van der Waals surface area contributed by atoms with E-state index in [9.17, 15) is 9.18 Å². The number of rotatable bonds is 5. The van der Waals surface area contributed by atoms with Gasteiger partial charge in [-0.1, -0.05) is 32.9 Å². The molecule has 1 aromatic carbocycles. The molecule has 3 nitrogen and oxygen atoms in total. The molecule has 0 aliphatic heterocycles. The van der Waals surface area contributed by atoms with Gasteiger partial charge in [-0.15, -0.1) is 0 Å². The number of halogens is 1. The quantitative estimate of drug-likeness (QED) is 0.871. The van der Waals surface area contributed by atoms with Crippen molar-refractivity contribution >= 4 is 5.91 Å². The summed E-state index contributed by atoms with van der Waals surface area (Å²) in [5.41, 5.74) is 6.64. The Hall–Kier alpha value is -1.42. The molecule has 3 N–H and O–H groups in total. The maximum Gasteiger partial charge on any atom is 0.224 e. The van der Waals surface area contributed by atoms with Gasteiger partial charge < -0.3 is 11.1 Å². The van der Waals surface area contributed by atoms with Gasteiger partial charge >= 0.3 is 0 Å². The summed E-state index contributed by atoms with van der Waals surface area (Å²) >= 11 is 0. The van der Waals surface area contributed by atoms with E-state index < -0.39 is 0 Å². The molecule has 0 saturated heterocycles. The molecule has 0 aliphatic carbocycles. The first kappa shape index (κ1) is 16.6. The number of nitrogens with one attached hydrogen (secondary N) is 1. The largest absolute Gasteiger partial charge is 0.349 e. The van der Waals surface area contributed by atoms with Gasteiger partial charge in [0.05, 0.1) is 12.0 Å². The van der Waals surface area contributed by atoms with Gasteiger partial charge in [0.15, 0.2) is 0 Å². The zero-order chi connectivity index (χ0) is 15.3. The van der Waals surface area contributed by atoms with E-state index in [1.54, 1.807) is 12.1 Å². The van der Waals surface area contributed by atoms with Crippen LogP contribution in [0.4, 0.5) is 4.39 Å². The molecule has 0 saturated carbocycles. The smallest absolute Gasteiger partial charge is 0.224 e. The zero-order valence-electron chi connectivity index (χ0n) is 12.7. The Morgan fingerprint density at radius 2 is 1.85 bits per heavy atom. The first-order valence-electron chi connectivity index (χ1n) is 6.99. The van der Waals surface area contributed by atoms with E-state index >= 15 is 0 Å². The molecular weight excluding hydrogens is 255 g/mol. The van der Waals surface area contributed by atoms with Crippen LogP contribution in [0.15, 0.2) is 24.3 Å². The molecule has 112 valence electrons. The van der Waals surface area contributed by atoms with Crippen LogP contribution in [0, 0.1) is 17.2 Å². The zero-order valence-corrected chi connectivity index (χ0v) is 12.7. The molecule has 0 aliphatic rings. The van der Waals surface area contributed by atoms with Crippen molar-refractivity contribution in [1.82, 2.24) is 5.32 Å². The third-order valence-electron chi connectivity index (χ3n) is 3.24. The number of benzene rings is 1. The SMILES string of the molecule is C[C@@H](NC(=O)C(CN)CC(C)(C)C)c1ccc(F)cc1. The molecule has 0 aromatic heterocycles. The fourth-order valence-corrected chi connectivity index (χ4v) is 2.19. The standard InChI is InChI=1S/C16H25FN2O/c1-11(12-5-7-14(17)8-6-12)19-15(20)13(10-18)9-16(2,3)4/h5-8,11,13H,9-10,18H2,1-4H3,(H,19,20)/t11-,13?/m1/s1. The fraction of sp³-hybridized carbons (Fsp3) is 0.562. The summed E-state index contributed by atoms with van der Waals surface area (Å²) in [5.74, 6) is -0.517. The second-order valence-corrected chi connectivity index (χ2v) is 6.48. The summed E-state index contributed by atoms with van der Waals surface area (Å²) < 4.78 is 12.9. The van der Waals surface area contributed by atoms with Crippen LogP contribution in [0.1, 0.15) is 45.7 Å². The second-order valence-electron chi connectivity index (χ2n) is 6.48. The minimum Gasteiger partial charge on any atom is -0.349 e. The minimum absolute atomic E-state index is 0.0424. The second kappa shape index (κ2) is 6.84. The van der Waals surface area contributed by atoms with E-state index in [1.165, 1.54) is 12.1 Å². The van der Waals surface area contributed by atoms with Gasteiger partial charge in [0.25, 0.3) is 0 Å². The molecule has 1 aromatic rings. The van der Waals surface area contributed by atoms with Crippen molar-refractivity contribution in [1.29, 1.82) is 0 Å². The Balaban J connectivity index is 2.66. The summed E-state index contributed by atoms with van der Waals surface area (Å²) in [7, 11) is 0. The van der Waals surface area contributed by atoms with E-state index in [1.807, 2.05) is 6.92 Å². The molecule has 20 heavy (non-hydrogen) atoms. The van der Waals surface area contributed by atoms with E-state index in [0.717, 1.165) is 12.0 Å². The van der Waals surface area contributed by atoms with Crippen LogP contribution < -0.4 is 11.1 Å². The van der Waals surface area contributed by atoms with E-state index in [4.69, 9.17) is 5.73 Å². The Labute approximate surface area is 120 Å². The first-order chi connectivity index (χ1) is 9.23. The minimum atomic E-state index is -0.278. The van der Waals surface area contributed by atoms with Crippen molar-refractivity contribution in [3.8, 4) is 0 Å². The Morgan fingerprint density at radius 1 is 1.30 bits per heavy atom. The average Bonchev–Trinajstić information content (AvgIpc) is 2.35. The lowest BCUT2D eigenvalue weighted by Crippen LogP contribution is -2.38. The maximum absolute atomic E-state index is 12.9. The van der Waals surface area contributed by atoms with E-state index in [-0.39, 0.29) is 29.1 Å². The predicted octanol–water partition coefficient (Wildman–Crippen LogP) is 3.01. The molecule has 1 unspecified atom stereocenters. The Bertz CT molecular complexity index is 437. The number of nitrogens with two attached hydrogens (primary N) is 1. The highest BCUT2D eigenvalue weighted by molar-refractivity contribution is 5.79. The molecule has 0 radical (unpaired) electrons. The molecular formula is C16H25FN2O. The lowest BCUT2D eigenvalue weighted by molar-refractivity contribution is -0.126. The van der Waals surface area contributed by atoms with Gasteiger partial charge in [-0.2, -0.15) is 0 Å². The molecule has 1 amide bonds. The van der Waals surface area contributed by atoms with Crippen LogP contribution in [-0.2, 0) is 4.79 Å². The van der Waals surface area contributed by atoms with Crippen molar-refractivity contribution < 1.29 is 9.18 Å². The monoisotopic (exact) mass is 280 g/mol. The van der Waals surface area contributed by atoms with Crippen molar-refractivity contribution in [3.05, 3.63) is 35.6 Å². The van der Waals surface area contributed by atoms with Crippen LogP contribution in [0.25, 0.3) is 0 Å². The summed E-state index contributed by atoms with van der Waals surface area (Å²) in [6.07, 6.45) is 0.742. The summed E-state index contributed by atoms with van der Waals surface area (Å²) in [6, 6.07) is 6.00. The van der Waals surface area contributed by atoms with Gasteiger partial charge in [-0.25, -0.2) is 4.39 Å². The van der Waals surface area contributed by atoms with E-state index in [2.05, 4.69) is 26.1 Å². The highest BCUT2D eigenvalue weighted by atomic mass is 19.1. The van der Waals surface area contributed by atoms with Crippen molar-refractivity contribution in [3.63, 3.8) is 0 Å². The van der Waals surface area contributed by atoms with Gasteiger partial charge in [-0.05, 0) is 36.5 Å². The van der Waals surface area contributed by atoms with Gasteiger partial charge in [-0.3, -0.25) is 4.79 Å². The summed E-state index contributed by atoms with van der Waals surface area (Å²) in [4.78, 5) is 12.2. The maximum atomic E-state index is 12.9. The van der Waals surface area contributed by atoms with Gasteiger partial charge in [0, 0.05) is 6.54 Å². The lowest BCUT2D eigenvalue weighted by Gasteiger charge is -2.26. The third-order valence-corrected chi connectivity index (χ3v) is 3.24. The van der Waals surface area contributed by atoms with Crippen LogP contribution >= 0.6 is 0 Å². The van der Waals surface area contributed by atoms with Crippen LogP contribution in [0.5, 0.6) is 0 Å². The highest BCUT2D eigenvalue weighted by Crippen LogP contribution is 2.24. The normalized spacial score (nSPS) is 14.7. The molecule has 0 spiro atoms. The van der Waals surface area contributed by atoms with Crippen LogP contribution in [-0.4, -0.2) is 12.5 Å². The topological polar surface area (TPSA) is 55.1 Å². The number of hydrogen-bond acceptors (Lipinski definition) is 2. The molecule has 0 heterocycles. The molecule has 1 rings (SSSR count). The molecule has 4 heteroatoms. The Morgan fingerprint density at radius 3 is 2.30 bits per heavy atom. The van der Waals surface area contributed by atoms with Crippen LogP contribution in [0.2, 0.25) is 0 Å². The number of hydrogen-bond donors (Lipinski definition) is 2.